The summed E-state index contributed by atoms with van der Waals surface area (Å²) >= 11 is 0. The van der Waals surface area contributed by atoms with E-state index in [2.05, 4.69) is 10.4 Å². The Hall–Kier alpha value is -4.25. The van der Waals surface area contributed by atoms with Crippen LogP contribution >= 0.6 is 0 Å². The molecular formula is C24H21FN4O3. The molecule has 3 aromatic rings. The fourth-order valence-electron chi connectivity index (χ4n) is 3.07. The molecule has 1 aromatic heterocycles. The summed E-state index contributed by atoms with van der Waals surface area (Å²) in [6.45, 7) is 5.07. The highest BCUT2D eigenvalue weighted by molar-refractivity contribution is 5.97. The van der Waals surface area contributed by atoms with Crippen LogP contribution in [0.1, 0.15) is 29.4 Å². The first-order valence-electron chi connectivity index (χ1n) is 9.81. The topological polar surface area (TPSA) is 97.0 Å². The highest BCUT2D eigenvalue weighted by Gasteiger charge is 2.18. The summed E-state index contributed by atoms with van der Waals surface area (Å²) in [5.74, 6) is -1.59. The van der Waals surface area contributed by atoms with E-state index >= 15 is 0 Å². The molecule has 32 heavy (non-hydrogen) atoms. The van der Waals surface area contributed by atoms with Gasteiger partial charge in [0.2, 0.25) is 0 Å². The van der Waals surface area contributed by atoms with Crippen molar-refractivity contribution in [3.8, 4) is 11.8 Å². The Morgan fingerprint density at radius 1 is 1.19 bits per heavy atom. The van der Waals surface area contributed by atoms with Gasteiger partial charge in [-0.05, 0) is 63.2 Å². The number of rotatable bonds is 6. The van der Waals surface area contributed by atoms with Gasteiger partial charge in [0, 0.05) is 17.3 Å². The molecule has 0 aliphatic heterocycles. The lowest BCUT2D eigenvalue weighted by Gasteiger charge is -2.13. The van der Waals surface area contributed by atoms with Crippen LogP contribution in [0, 0.1) is 31.0 Å². The smallest absolute Gasteiger partial charge is 0.331 e. The Bertz CT molecular complexity index is 1220. The minimum atomic E-state index is -1.07. The minimum absolute atomic E-state index is 0.309. The maximum Gasteiger partial charge on any atom is 0.331 e. The zero-order valence-corrected chi connectivity index (χ0v) is 17.8. The van der Waals surface area contributed by atoms with Gasteiger partial charge in [-0.1, -0.05) is 12.1 Å². The number of aryl methyl sites for hydroxylation is 1. The fraction of sp³-hybridized carbons (Fsp3) is 0.167. The average Bonchev–Trinajstić information content (AvgIpc) is 3.06. The third kappa shape index (κ3) is 5.08. The van der Waals surface area contributed by atoms with Crippen molar-refractivity contribution in [2.24, 2.45) is 0 Å². The number of benzene rings is 2. The molecule has 0 saturated carbocycles. The molecule has 0 spiro atoms. The Labute approximate surface area is 184 Å². The SMILES string of the molecule is Cc1nn(-c2ccc(F)cc2)c(C)c1/C=C/C(=O)OC(C)C(=O)Nc1ccccc1C#N. The highest BCUT2D eigenvalue weighted by atomic mass is 19.1. The number of nitrogens with one attached hydrogen (secondary N) is 1. The molecule has 0 radical (unpaired) electrons. The van der Waals surface area contributed by atoms with E-state index < -0.39 is 18.0 Å². The molecular weight excluding hydrogens is 411 g/mol. The normalized spacial score (nSPS) is 11.7. The van der Waals surface area contributed by atoms with Gasteiger partial charge in [0.1, 0.15) is 11.9 Å². The lowest BCUT2D eigenvalue weighted by atomic mass is 10.2. The van der Waals surface area contributed by atoms with Crippen LogP contribution in [0.5, 0.6) is 0 Å². The Morgan fingerprint density at radius 3 is 2.56 bits per heavy atom. The van der Waals surface area contributed by atoms with E-state index in [1.54, 1.807) is 54.1 Å². The number of para-hydroxylation sites is 1. The second kappa shape index (κ2) is 9.71. The average molecular weight is 432 g/mol. The molecule has 8 heteroatoms. The zero-order chi connectivity index (χ0) is 23.3. The number of carbonyl (C=O) groups is 2. The lowest BCUT2D eigenvalue weighted by molar-refractivity contribution is -0.148. The summed E-state index contributed by atoms with van der Waals surface area (Å²) in [4.78, 5) is 24.6. The third-order valence-corrected chi connectivity index (χ3v) is 4.77. The zero-order valence-electron chi connectivity index (χ0n) is 17.8. The Balaban J connectivity index is 1.67. The first-order chi connectivity index (χ1) is 15.3. The first kappa shape index (κ1) is 22.4. The van der Waals surface area contributed by atoms with E-state index in [4.69, 9.17) is 10.00 Å². The molecule has 1 amide bonds. The molecule has 1 heterocycles. The highest BCUT2D eigenvalue weighted by Crippen LogP contribution is 2.20. The van der Waals surface area contributed by atoms with Crippen LogP contribution in [0.15, 0.2) is 54.6 Å². The standard InChI is InChI=1S/C24H21FN4O3/c1-15-21(16(2)29(28-15)20-10-8-19(25)9-11-20)12-13-23(30)32-17(3)24(31)27-22-7-5-4-6-18(22)14-26/h4-13,17H,1-3H3,(H,27,31)/b13-12+. The predicted molar refractivity (Wildman–Crippen MR) is 117 cm³/mol. The number of anilines is 1. The van der Waals surface area contributed by atoms with E-state index in [0.29, 0.717) is 28.2 Å². The van der Waals surface area contributed by atoms with Gasteiger partial charge in [-0.2, -0.15) is 10.4 Å². The van der Waals surface area contributed by atoms with E-state index in [1.165, 1.54) is 25.1 Å². The van der Waals surface area contributed by atoms with Crippen LogP contribution in [0.3, 0.4) is 0 Å². The number of aromatic nitrogens is 2. The van der Waals surface area contributed by atoms with E-state index in [9.17, 15) is 14.0 Å². The number of halogens is 1. The van der Waals surface area contributed by atoms with Crippen molar-refractivity contribution in [1.82, 2.24) is 9.78 Å². The molecule has 0 aliphatic carbocycles. The number of nitrogens with zero attached hydrogens (tertiary/aromatic N) is 3. The van der Waals surface area contributed by atoms with Crippen molar-refractivity contribution in [2.75, 3.05) is 5.32 Å². The number of hydrogen-bond donors (Lipinski definition) is 1. The van der Waals surface area contributed by atoms with Crippen LogP contribution in [-0.2, 0) is 14.3 Å². The number of hydrogen-bond acceptors (Lipinski definition) is 5. The van der Waals surface area contributed by atoms with Gasteiger partial charge in [0.15, 0.2) is 6.10 Å². The van der Waals surface area contributed by atoms with Crippen molar-refractivity contribution >= 4 is 23.6 Å². The van der Waals surface area contributed by atoms with Gasteiger partial charge in [0.25, 0.3) is 5.91 Å². The second-order valence-corrected chi connectivity index (χ2v) is 7.03. The van der Waals surface area contributed by atoms with Gasteiger partial charge >= 0.3 is 5.97 Å². The van der Waals surface area contributed by atoms with Crippen LogP contribution in [0.2, 0.25) is 0 Å². The lowest BCUT2D eigenvalue weighted by Crippen LogP contribution is -2.29. The molecule has 0 fully saturated rings. The third-order valence-electron chi connectivity index (χ3n) is 4.77. The summed E-state index contributed by atoms with van der Waals surface area (Å²) in [6.07, 6.45) is 1.72. The quantitative estimate of drug-likeness (QED) is 0.468. The van der Waals surface area contributed by atoms with E-state index in [1.807, 2.05) is 13.0 Å². The Kier molecular flexibility index (Phi) is 6.80. The minimum Gasteiger partial charge on any atom is -0.449 e. The molecule has 1 N–H and O–H groups in total. The molecule has 3 rings (SSSR count). The maximum absolute atomic E-state index is 13.2. The van der Waals surface area contributed by atoms with Crippen LogP contribution in [-0.4, -0.2) is 27.8 Å². The molecule has 7 nitrogen and oxygen atoms in total. The monoisotopic (exact) mass is 432 g/mol. The van der Waals surface area contributed by atoms with Gasteiger partial charge in [-0.15, -0.1) is 0 Å². The fourth-order valence-corrected chi connectivity index (χ4v) is 3.07. The van der Waals surface area contributed by atoms with E-state index in [-0.39, 0.29) is 5.82 Å². The second-order valence-electron chi connectivity index (χ2n) is 7.03. The van der Waals surface area contributed by atoms with Crippen LogP contribution < -0.4 is 5.32 Å². The van der Waals surface area contributed by atoms with Gasteiger partial charge in [-0.3, -0.25) is 4.79 Å². The van der Waals surface area contributed by atoms with E-state index in [0.717, 1.165) is 5.69 Å². The van der Waals surface area contributed by atoms with Crippen molar-refractivity contribution < 1.29 is 18.7 Å². The summed E-state index contributed by atoms with van der Waals surface area (Å²) in [6, 6.07) is 14.4. The van der Waals surface area contributed by atoms with Gasteiger partial charge < -0.3 is 10.1 Å². The molecule has 0 saturated heterocycles. The largest absolute Gasteiger partial charge is 0.449 e. The Morgan fingerprint density at radius 2 is 1.88 bits per heavy atom. The molecule has 0 aliphatic rings. The maximum atomic E-state index is 13.2. The summed E-state index contributed by atoms with van der Waals surface area (Å²) in [5, 5.41) is 16.1. The summed E-state index contributed by atoms with van der Waals surface area (Å²) in [5.41, 5.74) is 3.50. The van der Waals surface area contributed by atoms with Crippen LogP contribution in [0.4, 0.5) is 10.1 Å². The van der Waals surface area contributed by atoms with Gasteiger partial charge in [0.05, 0.1) is 22.6 Å². The number of carbonyl (C=O) groups excluding carboxylic acids is 2. The number of amides is 1. The van der Waals surface area contributed by atoms with Crippen molar-refractivity contribution in [3.63, 3.8) is 0 Å². The predicted octanol–water partition coefficient (Wildman–Crippen LogP) is 4.08. The number of ether oxygens (including phenoxy) is 1. The molecule has 2 aromatic carbocycles. The molecule has 1 unspecified atom stereocenters. The van der Waals surface area contributed by atoms with Crippen molar-refractivity contribution in [3.05, 3.63) is 82.9 Å². The molecule has 1 atom stereocenters. The number of nitriles is 1. The first-order valence-corrected chi connectivity index (χ1v) is 9.81. The number of esters is 1. The summed E-state index contributed by atoms with van der Waals surface area (Å²) in [7, 11) is 0. The van der Waals surface area contributed by atoms with Crippen LogP contribution in [0.25, 0.3) is 11.8 Å². The molecule has 0 bridgehead atoms. The molecule has 162 valence electrons. The van der Waals surface area contributed by atoms with Crippen molar-refractivity contribution in [2.45, 2.75) is 26.9 Å². The van der Waals surface area contributed by atoms with Gasteiger partial charge in [-0.25, -0.2) is 13.9 Å². The van der Waals surface area contributed by atoms with Crippen molar-refractivity contribution in [1.29, 1.82) is 5.26 Å². The summed E-state index contributed by atoms with van der Waals surface area (Å²) < 4.78 is 20.0.